The first-order valence-corrected chi connectivity index (χ1v) is 6.16. The summed E-state index contributed by atoms with van der Waals surface area (Å²) in [7, 11) is 0. The molecule has 20 heavy (non-hydrogen) atoms. The molecule has 1 aromatic heterocycles. The van der Waals surface area contributed by atoms with Gasteiger partial charge in [0, 0.05) is 18.3 Å². The molecule has 1 fully saturated rings. The number of hydrogen-bond acceptors (Lipinski definition) is 3. The molecule has 1 heterocycles. The van der Waals surface area contributed by atoms with Gasteiger partial charge in [0.1, 0.15) is 0 Å². The minimum absolute atomic E-state index is 0.00475. The molecule has 112 valence electrons. The van der Waals surface area contributed by atoms with E-state index >= 15 is 0 Å². The maximum Gasteiger partial charge on any atom is 0.394 e. The summed E-state index contributed by atoms with van der Waals surface area (Å²) in [5, 5.41) is 0. The van der Waals surface area contributed by atoms with Gasteiger partial charge in [-0.2, -0.15) is 13.2 Å². The van der Waals surface area contributed by atoms with Gasteiger partial charge in [0.05, 0.1) is 5.41 Å². The van der Waals surface area contributed by atoms with E-state index in [1.807, 2.05) is 0 Å². The summed E-state index contributed by atoms with van der Waals surface area (Å²) >= 11 is 0. The monoisotopic (exact) mass is 295 g/mol. The second kappa shape index (κ2) is 5.23. The Morgan fingerprint density at radius 3 is 2.10 bits per heavy atom. The van der Waals surface area contributed by atoms with Crippen molar-refractivity contribution in [3.05, 3.63) is 23.8 Å². The summed E-state index contributed by atoms with van der Waals surface area (Å²) in [6, 6.07) is 0. The largest absolute Gasteiger partial charge is 0.394 e. The van der Waals surface area contributed by atoms with Crippen molar-refractivity contribution in [1.29, 1.82) is 0 Å². The highest BCUT2D eigenvalue weighted by atomic mass is 19.4. The number of alkyl halides is 5. The molecule has 0 aromatic carbocycles. The van der Waals surface area contributed by atoms with Crippen molar-refractivity contribution < 1.29 is 22.0 Å². The standard InChI is InChI=1S/C12H14F5N3/c13-9(14)10-19-5-8(6-20-10)7(4-18)3-11(1-2-11)12(15,16)17/h5-7,9H,1-4,18H2. The number of halogens is 5. The van der Waals surface area contributed by atoms with E-state index in [2.05, 4.69) is 9.97 Å². The van der Waals surface area contributed by atoms with Crippen molar-refractivity contribution in [3.63, 3.8) is 0 Å². The quantitative estimate of drug-likeness (QED) is 0.849. The van der Waals surface area contributed by atoms with Crippen LogP contribution in [0.4, 0.5) is 22.0 Å². The minimum atomic E-state index is -4.26. The zero-order valence-electron chi connectivity index (χ0n) is 10.5. The van der Waals surface area contributed by atoms with Crippen molar-refractivity contribution >= 4 is 0 Å². The molecule has 0 bridgehead atoms. The van der Waals surface area contributed by atoms with Crippen molar-refractivity contribution in [3.8, 4) is 0 Å². The Kier molecular flexibility index (Phi) is 3.95. The lowest BCUT2D eigenvalue weighted by Crippen LogP contribution is -2.29. The normalized spacial score (nSPS) is 19.1. The van der Waals surface area contributed by atoms with E-state index in [1.54, 1.807) is 0 Å². The van der Waals surface area contributed by atoms with Gasteiger partial charge >= 0.3 is 6.18 Å². The van der Waals surface area contributed by atoms with Crippen LogP contribution in [0.15, 0.2) is 12.4 Å². The van der Waals surface area contributed by atoms with Gasteiger partial charge in [0.25, 0.3) is 6.43 Å². The highest BCUT2D eigenvalue weighted by Gasteiger charge is 2.63. The summed E-state index contributed by atoms with van der Waals surface area (Å²) in [6.45, 7) is -0.00475. The number of rotatable bonds is 5. The Morgan fingerprint density at radius 2 is 1.75 bits per heavy atom. The van der Waals surface area contributed by atoms with E-state index in [0.717, 1.165) is 12.4 Å². The molecule has 0 saturated heterocycles. The third-order valence-electron chi connectivity index (χ3n) is 3.73. The van der Waals surface area contributed by atoms with Crippen molar-refractivity contribution in [1.82, 2.24) is 9.97 Å². The fraction of sp³-hybridized carbons (Fsp3) is 0.667. The molecule has 1 aromatic rings. The van der Waals surface area contributed by atoms with Crippen molar-refractivity contribution in [2.24, 2.45) is 11.1 Å². The predicted octanol–water partition coefficient (Wildman–Crippen LogP) is 3.19. The zero-order valence-corrected chi connectivity index (χ0v) is 10.5. The lowest BCUT2D eigenvalue weighted by Gasteiger charge is -2.24. The summed E-state index contributed by atoms with van der Waals surface area (Å²) in [5.41, 5.74) is 4.20. The van der Waals surface area contributed by atoms with E-state index < -0.39 is 29.8 Å². The number of aromatic nitrogens is 2. The molecule has 1 aliphatic rings. The SMILES string of the molecule is NCC(CC1(C(F)(F)F)CC1)c1cnc(C(F)F)nc1. The smallest absolute Gasteiger partial charge is 0.330 e. The minimum Gasteiger partial charge on any atom is -0.330 e. The van der Waals surface area contributed by atoms with Gasteiger partial charge in [0.15, 0.2) is 5.82 Å². The molecule has 1 unspecified atom stereocenters. The molecule has 0 radical (unpaired) electrons. The van der Waals surface area contributed by atoms with Gasteiger partial charge in [-0.25, -0.2) is 18.7 Å². The molecule has 2 N–H and O–H groups in total. The van der Waals surface area contributed by atoms with Gasteiger partial charge < -0.3 is 5.73 Å². The first-order chi connectivity index (χ1) is 9.29. The lowest BCUT2D eigenvalue weighted by molar-refractivity contribution is -0.190. The molecular weight excluding hydrogens is 281 g/mol. The summed E-state index contributed by atoms with van der Waals surface area (Å²) < 4.78 is 63.4. The summed E-state index contributed by atoms with van der Waals surface area (Å²) in [4.78, 5) is 6.92. The molecule has 0 spiro atoms. The topological polar surface area (TPSA) is 51.8 Å². The van der Waals surface area contributed by atoms with Crippen LogP contribution in [0.25, 0.3) is 0 Å². The van der Waals surface area contributed by atoms with Crippen molar-refractivity contribution in [2.45, 2.75) is 37.8 Å². The van der Waals surface area contributed by atoms with E-state index in [4.69, 9.17) is 5.73 Å². The third-order valence-corrected chi connectivity index (χ3v) is 3.73. The Labute approximate surface area is 112 Å². The molecular formula is C12H14F5N3. The number of nitrogens with zero attached hydrogens (tertiary/aromatic N) is 2. The Hall–Kier alpha value is -1.31. The van der Waals surface area contributed by atoms with E-state index in [1.165, 1.54) is 0 Å². The predicted molar refractivity (Wildman–Crippen MR) is 61.1 cm³/mol. The highest BCUT2D eigenvalue weighted by Crippen LogP contribution is 2.61. The van der Waals surface area contributed by atoms with E-state index in [0.29, 0.717) is 5.56 Å². The Balaban J connectivity index is 2.13. The Bertz CT molecular complexity index is 453. The average molecular weight is 295 g/mol. The second-order valence-electron chi connectivity index (χ2n) is 5.09. The van der Waals surface area contributed by atoms with E-state index in [-0.39, 0.29) is 25.8 Å². The molecule has 1 aliphatic carbocycles. The van der Waals surface area contributed by atoms with Gasteiger partial charge in [0.2, 0.25) is 0 Å². The maximum atomic E-state index is 12.9. The second-order valence-corrected chi connectivity index (χ2v) is 5.09. The summed E-state index contributed by atoms with van der Waals surface area (Å²) in [5.74, 6) is -1.22. The van der Waals surface area contributed by atoms with Crippen molar-refractivity contribution in [2.75, 3.05) is 6.54 Å². The molecule has 0 amide bonds. The van der Waals surface area contributed by atoms with Crippen LogP contribution in [0.3, 0.4) is 0 Å². The average Bonchev–Trinajstić information content (AvgIpc) is 3.16. The van der Waals surface area contributed by atoms with Crippen LogP contribution < -0.4 is 5.73 Å². The van der Waals surface area contributed by atoms with Crippen LogP contribution in [0, 0.1) is 5.41 Å². The van der Waals surface area contributed by atoms with Gasteiger partial charge in [-0.15, -0.1) is 0 Å². The molecule has 0 aliphatic heterocycles. The fourth-order valence-corrected chi connectivity index (χ4v) is 2.23. The first kappa shape index (κ1) is 15.1. The number of nitrogens with two attached hydrogens (primary N) is 1. The van der Waals surface area contributed by atoms with Crippen LogP contribution >= 0.6 is 0 Å². The third kappa shape index (κ3) is 2.89. The molecule has 8 heteroatoms. The maximum absolute atomic E-state index is 12.9. The van der Waals surface area contributed by atoms with Gasteiger partial charge in [-0.3, -0.25) is 0 Å². The van der Waals surface area contributed by atoms with E-state index in [9.17, 15) is 22.0 Å². The molecule has 3 nitrogen and oxygen atoms in total. The van der Waals surface area contributed by atoms with Crippen LogP contribution in [-0.4, -0.2) is 22.7 Å². The van der Waals surface area contributed by atoms with Crippen LogP contribution in [0.2, 0.25) is 0 Å². The molecule has 1 saturated carbocycles. The van der Waals surface area contributed by atoms with Gasteiger partial charge in [-0.1, -0.05) is 0 Å². The van der Waals surface area contributed by atoms with Crippen LogP contribution in [0.5, 0.6) is 0 Å². The first-order valence-electron chi connectivity index (χ1n) is 6.16. The molecule has 2 rings (SSSR count). The lowest BCUT2D eigenvalue weighted by atomic mass is 9.87. The number of hydrogen-bond donors (Lipinski definition) is 1. The Morgan fingerprint density at radius 1 is 1.20 bits per heavy atom. The molecule has 1 atom stereocenters. The van der Waals surface area contributed by atoms with Crippen LogP contribution in [0.1, 0.15) is 43.0 Å². The fourth-order valence-electron chi connectivity index (χ4n) is 2.23. The van der Waals surface area contributed by atoms with Crippen LogP contribution in [-0.2, 0) is 0 Å². The zero-order chi connectivity index (χ0) is 15.0. The summed E-state index contributed by atoms with van der Waals surface area (Å²) in [6.07, 6.45) is -4.76. The van der Waals surface area contributed by atoms with Gasteiger partial charge in [-0.05, 0) is 31.4 Å². The highest BCUT2D eigenvalue weighted by molar-refractivity contribution is 5.16.